The lowest BCUT2D eigenvalue weighted by Crippen LogP contribution is -2.22. The molecule has 0 amide bonds. The van der Waals surface area contributed by atoms with Gasteiger partial charge in [-0.3, -0.25) is 9.36 Å². The number of para-hydroxylation sites is 1. The predicted octanol–water partition coefficient (Wildman–Crippen LogP) is 3.90. The van der Waals surface area contributed by atoms with Crippen molar-refractivity contribution in [2.24, 2.45) is 0 Å². The number of nitrogens with one attached hydrogen (secondary N) is 1. The minimum absolute atomic E-state index is 0.0243. The zero-order chi connectivity index (χ0) is 15.0. The largest absolute Gasteiger partial charge is 0.332 e. The number of hydrogen-bond acceptors (Lipinski definition) is 2. The molecule has 6 heteroatoms. The normalized spacial score (nSPS) is 11.0. The number of nitrogens with zero attached hydrogens (tertiary/aromatic N) is 1. The quantitative estimate of drug-likeness (QED) is 0.727. The van der Waals surface area contributed by atoms with Crippen molar-refractivity contribution in [3.05, 3.63) is 74.0 Å². The fourth-order valence-electron chi connectivity index (χ4n) is 2.16. The highest BCUT2D eigenvalue weighted by Crippen LogP contribution is 2.17. The molecule has 1 N–H and O–H groups in total. The van der Waals surface area contributed by atoms with Crippen LogP contribution < -0.4 is 5.56 Å². The van der Waals surface area contributed by atoms with Gasteiger partial charge in [-0.2, -0.15) is 0 Å². The van der Waals surface area contributed by atoms with Gasteiger partial charge in [0.25, 0.3) is 5.56 Å². The molecule has 3 nitrogen and oxygen atoms in total. The highest BCUT2D eigenvalue weighted by Gasteiger charge is 2.07. The highest BCUT2D eigenvalue weighted by molar-refractivity contribution is 7.71. The van der Waals surface area contributed by atoms with E-state index in [2.05, 4.69) is 4.98 Å². The summed E-state index contributed by atoms with van der Waals surface area (Å²) >= 11 is 11.0. The summed E-state index contributed by atoms with van der Waals surface area (Å²) in [5.74, 6) is -0.489. The number of hydrogen-bond donors (Lipinski definition) is 1. The molecular formula is C15H10ClFN2OS. The van der Waals surface area contributed by atoms with E-state index < -0.39 is 5.82 Å². The molecule has 0 saturated heterocycles. The van der Waals surface area contributed by atoms with Gasteiger partial charge in [-0.25, -0.2) is 4.39 Å². The van der Waals surface area contributed by atoms with E-state index >= 15 is 0 Å². The van der Waals surface area contributed by atoms with Gasteiger partial charge >= 0.3 is 0 Å². The first-order valence-electron chi connectivity index (χ1n) is 6.22. The van der Waals surface area contributed by atoms with E-state index in [0.29, 0.717) is 21.2 Å². The molecule has 3 aromatic rings. The van der Waals surface area contributed by atoms with Crippen molar-refractivity contribution in [2.75, 3.05) is 0 Å². The third kappa shape index (κ3) is 2.62. The van der Waals surface area contributed by atoms with Crippen LogP contribution in [-0.4, -0.2) is 9.55 Å². The maximum atomic E-state index is 13.2. The number of H-pyrrole nitrogens is 1. The van der Waals surface area contributed by atoms with E-state index in [0.717, 1.165) is 0 Å². The minimum Gasteiger partial charge on any atom is -0.332 e. The van der Waals surface area contributed by atoms with Crippen LogP contribution in [-0.2, 0) is 6.54 Å². The maximum Gasteiger partial charge on any atom is 0.262 e. The Morgan fingerprint density at radius 2 is 2.00 bits per heavy atom. The molecule has 21 heavy (non-hydrogen) atoms. The number of benzene rings is 2. The minimum atomic E-state index is -0.489. The number of halogens is 2. The van der Waals surface area contributed by atoms with Gasteiger partial charge in [0.2, 0.25) is 0 Å². The maximum absolute atomic E-state index is 13.2. The first-order chi connectivity index (χ1) is 10.1. The van der Waals surface area contributed by atoms with Crippen molar-refractivity contribution in [3.8, 4) is 0 Å². The fraction of sp³-hybridized carbons (Fsp3) is 0.0667. The van der Waals surface area contributed by atoms with Gasteiger partial charge in [0.15, 0.2) is 4.77 Å². The zero-order valence-corrected chi connectivity index (χ0v) is 12.3. The average Bonchev–Trinajstić information content (AvgIpc) is 2.47. The fourth-order valence-corrected chi connectivity index (χ4v) is 2.62. The molecule has 1 heterocycles. The molecule has 106 valence electrons. The van der Waals surface area contributed by atoms with Crippen LogP contribution in [0.25, 0.3) is 10.9 Å². The van der Waals surface area contributed by atoms with Crippen LogP contribution in [0.1, 0.15) is 5.56 Å². The molecule has 0 atom stereocenters. The molecule has 3 rings (SSSR count). The van der Waals surface area contributed by atoms with Crippen molar-refractivity contribution >= 4 is 34.7 Å². The first-order valence-corrected chi connectivity index (χ1v) is 7.00. The van der Waals surface area contributed by atoms with Crippen molar-refractivity contribution < 1.29 is 4.39 Å². The lowest BCUT2D eigenvalue weighted by atomic mass is 10.2. The summed E-state index contributed by atoms with van der Waals surface area (Å²) in [6.07, 6.45) is 0. The van der Waals surface area contributed by atoms with Gasteiger partial charge in [0, 0.05) is 0 Å². The number of rotatable bonds is 2. The van der Waals surface area contributed by atoms with Gasteiger partial charge in [-0.15, -0.1) is 0 Å². The Bertz CT molecular complexity index is 948. The lowest BCUT2D eigenvalue weighted by Gasteiger charge is -2.08. The zero-order valence-electron chi connectivity index (χ0n) is 10.8. The monoisotopic (exact) mass is 320 g/mol. The van der Waals surface area contributed by atoms with Gasteiger partial charge < -0.3 is 4.98 Å². The van der Waals surface area contributed by atoms with E-state index in [-0.39, 0.29) is 17.1 Å². The van der Waals surface area contributed by atoms with Gasteiger partial charge in [0.05, 0.1) is 22.5 Å². The summed E-state index contributed by atoms with van der Waals surface area (Å²) in [5, 5.41) is 0.579. The Balaban J connectivity index is 2.14. The smallest absolute Gasteiger partial charge is 0.262 e. The van der Waals surface area contributed by atoms with Crippen molar-refractivity contribution in [1.29, 1.82) is 0 Å². The lowest BCUT2D eigenvalue weighted by molar-refractivity contribution is 0.626. The van der Waals surface area contributed by atoms with Crippen LogP contribution in [0, 0.1) is 10.6 Å². The number of fused-ring (bicyclic) bond motifs is 1. The summed E-state index contributed by atoms with van der Waals surface area (Å²) in [5.41, 5.74) is 1.22. The molecule has 0 aliphatic carbocycles. The third-order valence-electron chi connectivity index (χ3n) is 3.21. The van der Waals surface area contributed by atoms with E-state index in [1.54, 1.807) is 24.3 Å². The summed E-state index contributed by atoms with van der Waals surface area (Å²) < 4.78 is 14.9. The predicted molar refractivity (Wildman–Crippen MR) is 83.9 cm³/mol. The van der Waals surface area contributed by atoms with Gasteiger partial charge in [0.1, 0.15) is 5.82 Å². The van der Waals surface area contributed by atoms with Crippen LogP contribution in [0.5, 0.6) is 0 Å². The van der Waals surface area contributed by atoms with E-state index in [9.17, 15) is 9.18 Å². The van der Waals surface area contributed by atoms with Gasteiger partial charge in [-0.05, 0) is 42.0 Å². The van der Waals surface area contributed by atoms with E-state index in [1.807, 2.05) is 6.07 Å². The summed E-state index contributed by atoms with van der Waals surface area (Å²) in [7, 11) is 0. The van der Waals surface area contributed by atoms with Crippen LogP contribution in [0.2, 0.25) is 5.02 Å². The van der Waals surface area contributed by atoms with Crippen LogP contribution >= 0.6 is 23.8 Å². The molecule has 0 saturated carbocycles. The summed E-state index contributed by atoms with van der Waals surface area (Å²) in [6, 6.07) is 11.5. The van der Waals surface area contributed by atoms with Crippen molar-refractivity contribution in [3.63, 3.8) is 0 Å². The van der Waals surface area contributed by atoms with Gasteiger partial charge in [-0.1, -0.05) is 29.8 Å². The second-order valence-electron chi connectivity index (χ2n) is 4.62. The molecule has 0 fully saturated rings. The SMILES string of the molecule is O=c1c2ccccc2[nH]c(=S)n1Cc1ccc(F)c(Cl)c1. The summed E-state index contributed by atoms with van der Waals surface area (Å²) in [4.78, 5) is 15.5. The molecule has 0 aliphatic heterocycles. The average molecular weight is 321 g/mol. The second-order valence-corrected chi connectivity index (χ2v) is 5.41. The Morgan fingerprint density at radius 1 is 1.24 bits per heavy atom. The van der Waals surface area contributed by atoms with Crippen LogP contribution in [0.15, 0.2) is 47.3 Å². The Kier molecular flexibility index (Phi) is 3.61. The third-order valence-corrected chi connectivity index (χ3v) is 3.83. The van der Waals surface area contributed by atoms with E-state index in [1.165, 1.54) is 16.7 Å². The molecule has 0 bridgehead atoms. The topological polar surface area (TPSA) is 37.8 Å². The molecule has 1 aromatic heterocycles. The van der Waals surface area contributed by atoms with Crippen molar-refractivity contribution in [1.82, 2.24) is 9.55 Å². The molecule has 0 aliphatic rings. The highest BCUT2D eigenvalue weighted by atomic mass is 35.5. The number of aromatic nitrogens is 2. The molecule has 0 spiro atoms. The Hall–Kier alpha value is -1.98. The molecule has 0 radical (unpaired) electrons. The summed E-state index contributed by atoms with van der Waals surface area (Å²) in [6.45, 7) is 0.235. The number of aromatic amines is 1. The second kappa shape index (κ2) is 5.42. The Morgan fingerprint density at radius 3 is 2.76 bits per heavy atom. The van der Waals surface area contributed by atoms with Crippen LogP contribution in [0.3, 0.4) is 0 Å². The van der Waals surface area contributed by atoms with Crippen molar-refractivity contribution in [2.45, 2.75) is 6.54 Å². The Labute approximate surface area is 129 Å². The molecular weight excluding hydrogens is 311 g/mol. The first kappa shape index (κ1) is 14.0. The molecule has 0 unspecified atom stereocenters. The van der Waals surface area contributed by atoms with E-state index in [4.69, 9.17) is 23.8 Å². The molecule has 2 aromatic carbocycles. The van der Waals surface area contributed by atoms with Crippen LogP contribution in [0.4, 0.5) is 4.39 Å². The standard InChI is InChI=1S/C15H10ClFN2OS/c16-11-7-9(5-6-12(11)17)8-19-14(20)10-3-1-2-4-13(10)18-15(19)21/h1-7H,8H2,(H,18,21).